The second-order valence-electron chi connectivity index (χ2n) is 12.0. The van der Waals surface area contributed by atoms with Crippen LogP contribution >= 0.6 is 0 Å². The Labute approximate surface area is 246 Å². The van der Waals surface area contributed by atoms with Crippen molar-refractivity contribution in [3.8, 4) is 5.88 Å². The zero-order valence-corrected chi connectivity index (χ0v) is 25.5. The topological polar surface area (TPSA) is 130 Å². The number of Topliss-reactive ketones (excluding diaryl/α,β-unsaturated/α-hetero) is 3. The van der Waals surface area contributed by atoms with Crippen LogP contribution in [0.1, 0.15) is 89.6 Å². The number of ether oxygens (including phenoxy) is 3. The number of likely N-dealkylation sites (tertiary alicyclic amines) is 1. The molecule has 11 nitrogen and oxygen atoms in total. The van der Waals surface area contributed by atoms with E-state index >= 15 is 0 Å². The molecule has 0 spiro atoms. The van der Waals surface area contributed by atoms with Gasteiger partial charge in [0, 0.05) is 30.8 Å². The molecule has 2 aromatic heterocycles. The van der Waals surface area contributed by atoms with Gasteiger partial charge in [-0.3, -0.25) is 24.1 Å². The first-order chi connectivity index (χ1) is 20.0. The lowest BCUT2D eigenvalue weighted by Gasteiger charge is -2.43. The summed E-state index contributed by atoms with van der Waals surface area (Å²) in [6.07, 6.45) is 4.18. The molecule has 6 atom stereocenters. The average Bonchev–Trinajstić information content (AvgIpc) is 3.51. The number of esters is 1. The standard InChI is InChI=1S/C31H42N4O7/c1-7-14-35-15-10-13-22(35)27-26-20-11-8-9-12-21(20)29(32-28(26)34(6)33-27)41-31-25(18(4)38)23(16(2)36)24(17(3)37)30(42-31)40-19(5)39/h22-25,30-31H,7-15H2,1-6H3/t22-,23-,24+,25-,30-,31+/m1/s1. The summed E-state index contributed by atoms with van der Waals surface area (Å²) in [6, 6.07) is 0.237. The molecular formula is C31H42N4O7. The highest BCUT2D eigenvalue weighted by Gasteiger charge is 2.54. The first kappa shape index (κ1) is 30.3. The highest BCUT2D eigenvalue weighted by atomic mass is 16.8. The molecule has 2 fully saturated rings. The third-order valence-corrected chi connectivity index (χ3v) is 9.02. The monoisotopic (exact) mass is 582 g/mol. The number of ketones is 3. The number of pyridine rings is 1. The minimum Gasteiger partial charge on any atom is -0.447 e. The van der Waals surface area contributed by atoms with Crippen molar-refractivity contribution in [2.24, 2.45) is 24.8 Å². The van der Waals surface area contributed by atoms with Crippen LogP contribution in [-0.2, 0) is 48.5 Å². The quantitative estimate of drug-likeness (QED) is 0.404. The lowest BCUT2D eigenvalue weighted by molar-refractivity contribution is -0.277. The molecule has 42 heavy (non-hydrogen) atoms. The van der Waals surface area contributed by atoms with E-state index in [0.717, 1.165) is 80.2 Å². The Morgan fingerprint density at radius 1 is 0.905 bits per heavy atom. The Bertz CT molecular complexity index is 1400. The number of rotatable bonds is 9. The number of aryl methyl sites for hydroxylation is 2. The van der Waals surface area contributed by atoms with Crippen molar-refractivity contribution in [3.05, 3.63) is 16.8 Å². The fourth-order valence-electron chi connectivity index (χ4n) is 7.29. The summed E-state index contributed by atoms with van der Waals surface area (Å²) in [7, 11) is 1.88. The molecule has 0 N–H and O–H groups in total. The van der Waals surface area contributed by atoms with Crippen LogP contribution in [0.2, 0.25) is 0 Å². The van der Waals surface area contributed by atoms with Gasteiger partial charge in [0.05, 0.1) is 23.6 Å². The summed E-state index contributed by atoms with van der Waals surface area (Å²) in [5.41, 5.74) is 3.86. The van der Waals surface area contributed by atoms with Crippen molar-refractivity contribution in [2.45, 2.75) is 98.2 Å². The maximum atomic E-state index is 13.0. The second kappa shape index (κ2) is 12.2. The van der Waals surface area contributed by atoms with E-state index in [4.69, 9.17) is 24.3 Å². The van der Waals surface area contributed by atoms with E-state index in [1.54, 1.807) is 4.68 Å². The second-order valence-corrected chi connectivity index (χ2v) is 12.0. The summed E-state index contributed by atoms with van der Waals surface area (Å²) < 4.78 is 19.7. The molecule has 0 bridgehead atoms. The van der Waals surface area contributed by atoms with Crippen LogP contribution in [0.5, 0.6) is 5.88 Å². The van der Waals surface area contributed by atoms with E-state index in [1.807, 2.05) is 7.05 Å². The predicted molar refractivity (Wildman–Crippen MR) is 153 cm³/mol. The van der Waals surface area contributed by atoms with E-state index < -0.39 is 42.1 Å². The fourth-order valence-corrected chi connectivity index (χ4v) is 7.29. The van der Waals surface area contributed by atoms with Gasteiger partial charge >= 0.3 is 5.97 Å². The van der Waals surface area contributed by atoms with Gasteiger partial charge in [0.25, 0.3) is 0 Å². The summed E-state index contributed by atoms with van der Waals surface area (Å²) in [4.78, 5) is 58.1. The molecule has 11 heteroatoms. The van der Waals surface area contributed by atoms with Gasteiger partial charge in [0.15, 0.2) is 5.65 Å². The van der Waals surface area contributed by atoms with Crippen molar-refractivity contribution in [2.75, 3.05) is 13.1 Å². The molecule has 0 unspecified atom stereocenters. The van der Waals surface area contributed by atoms with E-state index in [-0.39, 0.29) is 17.6 Å². The molecule has 2 aliphatic heterocycles. The van der Waals surface area contributed by atoms with E-state index in [0.29, 0.717) is 11.5 Å². The van der Waals surface area contributed by atoms with Gasteiger partial charge in [-0.1, -0.05) is 6.92 Å². The molecule has 228 valence electrons. The van der Waals surface area contributed by atoms with Gasteiger partial charge in [0.1, 0.15) is 17.3 Å². The fraction of sp³-hybridized carbons (Fsp3) is 0.677. The lowest BCUT2D eigenvalue weighted by Crippen LogP contribution is -2.57. The summed E-state index contributed by atoms with van der Waals surface area (Å²) in [6.45, 7) is 9.46. The number of carbonyl (C=O) groups excluding carboxylic acids is 4. The zero-order chi connectivity index (χ0) is 30.3. The molecule has 2 aromatic rings. The molecule has 0 aromatic carbocycles. The molecule has 0 amide bonds. The molecular weight excluding hydrogens is 540 g/mol. The van der Waals surface area contributed by atoms with Crippen molar-refractivity contribution >= 4 is 34.4 Å². The first-order valence-corrected chi connectivity index (χ1v) is 15.2. The van der Waals surface area contributed by atoms with Crippen LogP contribution in [0, 0.1) is 17.8 Å². The molecule has 3 aliphatic rings. The molecule has 5 rings (SSSR count). The van der Waals surface area contributed by atoms with Crippen molar-refractivity contribution in [3.63, 3.8) is 0 Å². The van der Waals surface area contributed by atoms with Crippen LogP contribution in [-0.4, -0.2) is 68.7 Å². The van der Waals surface area contributed by atoms with Gasteiger partial charge in [-0.25, -0.2) is 4.68 Å². The minimum atomic E-state index is -1.37. The predicted octanol–water partition coefficient (Wildman–Crippen LogP) is 3.63. The first-order valence-electron chi connectivity index (χ1n) is 15.2. The number of nitrogens with zero attached hydrogens (tertiary/aromatic N) is 4. The van der Waals surface area contributed by atoms with Gasteiger partial charge in [-0.15, -0.1) is 0 Å². The van der Waals surface area contributed by atoms with Crippen LogP contribution in [0.15, 0.2) is 0 Å². The third kappa shape index (κ3) is 5.48. The van der Waals surface area contributed by atoms with Gasteiger partial charge < -0.3 is 14.2 Å². The normalized spacial score (nSPS) is 28.0. The summed E-state index contributed by atoms with van der Waals surface area (Å²) >= 11 is 0. The van der Waals surface area contributed by atoms with Crippen molar-refractivity contribution < 1.29 is 33.4 Å². The largest absolute Gasteiger partial charge is 0.447 e. The van der Waals surface area contributed by atoms with Crippen LogP contribution in [0.4, 0.5) is 0 Å². The van der Waals surface area contributed by atoms with Gasteiger partial charge in [0.2, 0.25) is 18.5 Å². The average molecular weight is 583 g/mol. The summed E-state index contributed by atoms with van der Waals surface area (Å²) in [5.74, 6) is -4.76. The molecule has 4 heterocycles. The van der Waals surface area contributed by atoms with E-state index in [1.165, 1.54) is 27.7 Å². The summed E-state index contributed by atoms with van der Waals surface area (Å²) in [5, 5.41) is 6.06. The molecule has 1 aliphatic carbocycles. The number of carbonyl (C=O) groups is 4. The van der Waals surface area contributed by atoms with Crippen molar-refractivity contribution in [1.29, 1.82) is 0 Å². The van der Waals surface area contributed by atoms with Gasteiger partial charge in [-0.2, -0.15) is 10.1 Å². The van der Waals surface area contributed by atoms with Crippen molar-refractivity contribution in [1.82, 2.24) is 19.7 Å². The number of hydrogen-bond donors (Lipinski definition) is 0. The van der Waals surface area contributed by atoms with E-state index in [2.05, 4.69) is 11.8 Å². The molecule has 2 saturated heterocycles. The Morgan fingerprint density at radius 3 is 2.17 bits per heavy atom. The van der Waals surface area contributed by atoms with E-state index in [9.17, 15) is 19.2 Å². The van der Waals surface area contributed by atoms with Crippen LogP contribution in [0.3, 0.4) is 0 Å². The number of aromatic nitrogens is 3. The Hall–Kier alpha value is -3.18. The highest BCUT2D eigenvalue weighted by Crippen LogP contribution is 2.43. The maximum absolute atomic E-state index is 13.0. The number of fused-ring (bicyclic) bond motifs is 3. The van der Waals surface area contributed by atoms with Crippen LogP contribution < -0.4 is 4.74 Å². The SMILES string of the molecule is CCCN1CCC[C@@H]1c1nn(C)c2nc(O[C@H]3O[C@@H](OC(C)=O)[C@@H](C(C)=O)[C@@H](C(C)=O)[C@H]3C(C)=O)c3c(c12)CCCC3. The minimum absolute atomic E-state index is 0.237. The smallest absolute Gasteiger partial charge is 0.304 e. The molecule has 0 saturated carbocycles. The Kier molecular flexibility index (Phi) is 8.80. The lowest BCUT2D eigenvalue weighted by atomic mass is 9.73. The van der Waals surface area contributed by atoms with Crippen LogP contribution in [0.25, 0.3) is 11.0 Å². The third-order valence-electron chi connectivity index (χ3n) is 9.02. The Morgan fingerprint density at radius 2 is 1.55 bits per heavy atom. The maximum Gasteiger partial charge on any atom is 0.304 e. The number of hydrogen-bond acceptors (Lipinski definition) is 10. The Balaban J connectivity index is 1.60. The van der Waals surface area contributed by atoms with Gasteiger partial charge in [-0.05, 0) is 84.4 Å². The highest BCUT2D eigenvalue weighted by molar-refractivity contribution is 5.93. The molecule has 0 radical (unpaired) electrons. The zero-order valence-electron chi connectivity index (χ0n) is 25.5.